The van der Waals surface area contributed by atoms with E-state index in [-0.39, 0.29) is 5.91 Å². The molecule has 0 spiro atoms. The molecule has 0 unspecified atom stereocenters. The smallest absolute Gasteiger partial charge is 0.350 e. The van der Waals surface area contributed by atoms with Crippen LogP contribution in [-0.2, 0) is 0 Å². The van der Waals surface area contributed by atoms with Crippen molar-refractivity contribution in [2.75, 3.05) is 6.54 Å². The molecule has 2 heterocycles. The molecule has 0 radical (unpaired) electrons. The molecule has 6 nitrogen and oxygen atoms in total. The van der Waals surface area contributed by atoms with Crippen LogP contribution in [0.4, 0.5) is 0 Å². The van der Waals surface area contributed by atoms with Gasteiger partial charge in [0.25, 0.3) is 5.91 Å². The molecular weight excluding hydrogens is 378 g/mol. The van der Waals surface area contributed by atoms with Gasteiger partial charge in [0.2, 0.25) is 0 Å². The maximum Gasteiger partial charge on any atom is 0.387 e. The van der Waals surface area contributed by atoms with Gasteiger partial charge < -0.3 is 10.3 Å². The van der Waals surface area contributed by atoms with Gasteiger partial charge in [-0.1, -0.05) is 4.99 Å². The number of guanidine groups is 1. The molecule has 1 aliphatic rings. The first-order valence-corrected chi connectivity index (χ1v) is 7.11. The maximum atomic E-state index is 11.8. The lowest BCUT2D eigenvalue weighted by atomic mass is 10.3. The van der Waals surface area contributed by atoms with Crippen LogP contribution >= 0.6 is 31.9 Å². The van der Waals surface area contributed by atoms with Gasteiger partial charge in [-0.05, 0) is 50.4 Å². The van der Waals surface area contributed by atoms with Gasteiger partial charge in [-0.15, -0.1) is 0 Å². The number of nitrogens with one attached hydrogen (secondary N) is 3. The van der Waals surface area contributed by atoms with Gasteiger partial charge in [-0.25, -0.2) is 4.99 Å². The maximum absolute atomic E-state index is 11.8. The van der Waals surface area contributed by atoms with Crippen molar-refractivity contribution in [2.24, 2.45) is 10.7 Å². The normalized spacial score (nSPS) is 15.9. The number of aromatic amines is 1. The van der Waals surface area contributed by atoms with Gasteiger partial charge in [0.15, 0.2) is 5.70 Å². The van der Waals surface area contributed by atoms with E-state index in [0.29, 0.717) is 24.6 Å². The first-order chi connectivity index (χ1) is 9.06. The molecule has 1 amide bonds. The van der Waals surface area contributed by atoms with Gasteiger partial charge in [-0.2, -0.15) is 0 Å². The second kappa shape index (κ2) is 6.16. The number of aromatic nitrogens is 1. The fourth-order valence-corrected chi connectivity index (χ4v) is 2.14. The molecule has 2 rings (SSSR count). The van der Waals surface area contributed by atoms with E-state index < -0.39 is 0 Å². The van der Waals surface area contributed by atoms with Crippen molar-refractivity contribution in [1.82, 2.24) is 10.3 Å². The van der Waals surface area contributed by atoms with Gasteiger partial charge in [0.05, 0.1) is 9.08 Å². The fraction of sp³-hybridized carbons (Fsp3) is 0.182. The van der Waals surface area contributed by atoms with Crippen molar-refractivity contribution in [3.05, 3.63) is 32.6 Å². The molecule has 0 aromatic carbocycles. The summed E-state index contributed by atoms with van der Waals surface area (Å²) < 4.78 is 1.56. The number of nitrogens with two attached hydrogens (primary N) is 1. The van der Waals surface area contributed by atoms with Crippen LogP contribution in [-0.4, -0.2) is 29.6 Å². The van der Waals surface area contributed by atoms with Crippen LogP contribution in [0.5, 0.6) is 0 Å². The monoisotopic (exact) mass is 388 g/mol. The Morgan fingerprint density at radius 2 is 2.37 bits per heavy atom. The molecule has 0 aliphatic carbocycles. The van der Waals surface area contributed by atoms with E-state index in [1.54, 1.807) is 12.3 Å². The summed E-state index contributed by atoms with van der Waals surface area (Å²) in [5.74, 6) is 0.234. The Morgan fingerprint density at radius 3 is 2.95 bits per heavy atom. The van der Waals surface area contributed by atoms with E-state index in [9.17, 15) is 4.79 Å². The Bertz CT molecular complexity index is 568. The third kappa shape index (κ3) is 3.77. The van der Waals surface area contributed by atoms with Crippen LogP contribution in [0, 0.1) is 0 Å². The van der Waals surface area contributed by atoms with Crippen molar-refractivity contribution in [3.63, 3.8) is 0 Å². The van der Waals surface area contributed by atoms with Crippen molar-refractivity contribution in [1.29, 1.82) is 0 Å². The van der Waals surface area contributed by atoms with E-state index >= 15 is 0 Å². The number of carbonyl (C=O) groups is 1. The van der Waals surface area contributed by atoms with Crippen molar-refractivity contribution >= 4 is 49.9 Å². The number of amides is 1. The minimum atomic E-state index is -0.152. The Morgan fingerprint density at radius 1 is 1.58 bits per heavy atom. The van der Waals surface area contributed by atoms with Crippen molar-refractivity contribution in [2.45, 2.75) is 6.42 Å². The lowest BCUT2D eigenvalue weighted by Crippen LogP contribution is -2.75. The third-order valence-electron chi connectivity index (χ3n) is 2.37. The third-order valence-corrected chi connectivity index (χ3v) is 4.15. The molecule has 0 saturated heterocycles. The summed E-state index contributed by atoms with van der Waals surface area (Å²) in [6, 6.07) is 1.72. The number of hydrogen-bond donors (Lipinski definition) is 4. The van der Waals surface area contributed by atoms with E-state index in [4.69, 9.17) is 5.73 Å². The first-order valence-electron chi connectivity index (χ1n) is 5.52. The molecule has 8 heteroatoms. The fourth-order valence-electron chi connectivity index (χ4n) is 1.48. The van der Waals surface area contributed by atoms with Gasteiger partial charge in [0, 0.05) is 6.54 Å². The zero-order chi connectivity index (χ0) is 13.8. The first kappa shape index (κ1) is 14.0. The minimum Gasteiger partial charge on any atom is -0.350 e. The number of halogens is 2. The van der Waals surface area contributed by atoms with Crippen molar-refractivity contribution in [3.8, 4) is 0 Å². The highest BCUT2D eigenvalue weighted by Crippen LogP contribution is 2.22. The zero-order valence-electron chi connectivity index (χ0n) is 9.84. The van der Waals surface area contributed by atoms with E-state index in [0.717, 1.165) is 14.8 Å². The number of carbonyl (C=O) groups excluding carboxylic acids is 1. The number of aliphatic imine (C=N–C) groups is 1. The predicted molar refractivity (Wildman–Crippen MR) is 79.9 cm³/mol. The number of allylic oxidation sites excluding steroid dienone is 1. The molecule has 0 saturated carbocycles. The lowest BCUT2D eigenvalue weighted by molar-refractivity contribution is -0.307. The van der Waals surface area contributed by atoms with Crippen molar-refractivity contribution < 1.29 is 9.79 Å². The van der Waals surface area contributed by atoms with E-state index in [2.05, 4.69) is 52.1 Å². The van der Waals surface area contributed by atoms with Gasteiger partial charge >= 0.3 is 5.96 Å². The summed E-state index contributed by atoms with van der Waals surface area (Å²) in [5.41, 5.74) is 6.73. The average molecular weight is 390 g/mol. The largest absolute Gasteiger partial charge is 0.387 e. The van der Waals surface area contributed by atoms with Gasteiger partial charge in [-0.3, -0.25) is 10.5 Å². The number of hydrogen-bond acceptors (Lipinski definition) is 3. The molecule has 0 atom stereocenters. The standard InChI is InChI=1S/C11H11Br2N5O/c12-7-4-8(18-9(7)13)10(19)15-3-1-2-6-5-16-11(14)17-6/h2,4-5,18H,1,3H2,(H2,14,17)(H,15,19)/p+1/b6-2+. The molecule has 100 valence electrons. The highest BCUT2D eigenvalue weighted by atomic mass is 79.9. The predicted octanol–water partition coefficient (Wildman–Crippen LogP) is 0.0232. The molecule has 0 fully saturated rings. The Labute approximate surface area is 126 Å². The highest BCUT2D eigenvalue weighted by Gasteiger charge is 2.11. The Hall–Kier alpha value is -1.41. The van der Waals surface area contributed by atoms with Crippen LogP contribution in [0.3, 0.4) is 0 Å². The summed E-state index contributed by atoms with van der Waals surface area (Å²) >= 11 is 6.60. The molecule has 1 aromatic heterocycles. The SMILES string of the molecule is NC1=N/C(=C/CCNC(=O)c2cc(Br)c(Br)[nH]2)C=[NH+]1. The minimum absolute atomic E-state index is 0.152. The molecule has 19 heavy (non-hydrogen) atoms. The summed E-state index contributed by atoms with van der Waals surface area (Å²) in [5, 5.41) is 2.80. The van der Waals surface area contributed by atoms with Crippen LogP contribution in [0.2, 0.25) is 0 Å². The molecule has 1 aliphatic heterocycles. The van der Waals surface area contributed by atoms with Crippen LogP contribution in [0.15, 0.2) is 31.9 Å². The number of rotatable bonds is 4. The summed E-state index contributed by atoms with van der Waals surface area (Å²) in [6.07, 6.45) is 4.29. The molecule has 0 bridgehead atoms. The van der Waals surface area contributed by atoms with E-state index in [1.165, 1.54) is 0 Å². The molecule has 1 aromatic rings. The quantitative estimate of drug-likeness (QED) is 0.546. The Balaban J connectivity index is 1.80. The van der Waals surface area contributed by atoms with E-state index in [1.807, 2.05) is 6.08 Å². The zero-order valence-corrected chi connectivity index (χ0v) is 13.0. The second-order valence-corrected chi connectivity index (χ2v) is 5.45. The average Bonchev–Trinajstić information content (AvgIpc) is 2.92. The highest BCUT2D eigenvalue weighted by molar-refractivity contribution is 9.13. The summed E-state index contributed by atoms with van der Waals surface area (Å²) in [4.78, 5) is 21.5. The molecule has 5 N–H and O–H groups in total. The van der Waals surface area contributed by atoms with Gasteiger partial charge in [0.1, 0.15) is 11.9 Å². The Kier molecular flexibility index (Phi) is 4.54. The topological polar surface area (TPSA) is 97.2 Å². The lowest BCUT2D eigenvalue weighted by Gasteiger charge is -2.00. The summed E-state index contributed by atoms with van der Waals surface area (Å²) in [6.45, 7) is 0.528. The van der Waals surface area contributed by atoms with Crippen LogP contribution in [0.25, 0.3) is 0 Å². The number of nitrogens with zero attached hydrogens (tertiary/aromatic N) is 1. The number of H-pyrrole nitrogens is 1. The summed E-state index contributed by atoms with van der Waals surface area (Å²) in [7, 11) is 0. The van der Waals surface area contributed by atoms with Crippen LogP contribution < -0.4 is 16.0 Å². The molecular formula is C11H12Br2N5O+. The second-order valence-electron chi connectivity index (χ2n) is 3.80. The van der Waals surface area contributed by atoms with Crippen LogP contribution in [0.1, 0.15) is 16.9 Å².